The Kier molecular flexibility index (Phi) is 5.11. The Morgan fingerprint density at radius 3 is 2.29 bits per heavy atom. The second-order valence-electron chi connectivity index (χ2n) is 4.93. The second kappa shape index (κ2) is 7.04. The van der Waals surface area contributed by atoms with E-state index in [1.807, 2.05) is 51.1 Å². The molecule has 3 N–H and O–H groups in total. The molecular formula is C16H22N4O. The minimum Gasteiger partial charge on any atom is -0.387 e. The quantitative estimate of drug-likeness (QED) is 0.761. The van der Waals surface area contributed by atoms with E-state index < -0.39 is 6.10 Å². The number of nitrogens with one attached hydrogen (secondary N) is 2. The van der Waals surface area contributed by atoms with Crippen molar-refractivity contribution < 1.29 is 5.11 Å². The van der Waals surface area contributed by atoms with Crippen LogP contribution in [0.4, 0.5) is 11.6 Å². The summed E-state index contributed by atoms with van der Waals surface area (Å²) in [6.45, 7) is 7.08. The van der Waals surface area contributed by atoms with Gasteiger partial charge in [0.25, 0.3) is 0 Å². The fourth-order valence-corrected chi connectivity index (χ4v) is 2.13. The van der Waals surface area contributed by atoms with Gasteiger partial charge in [0.05, 0.1) is 6.10 Å². The first-order chi connectivity index (χ1) is 10.1. The van der Waals surface area contributed by atoms with Crippen LogP contribution >= 0.6 is 0 Å². The largest absolute Gasteiger partial charge is 0.387 e. The molecule has 0 bridgehead atoms. The molecule has 1 atom stereocenters. The lowest BCUT2D eigenvalue weighted by atomic mass is 10.1. The number of aryl methyl sites for hydroxylation is 1. The predicted molar refractivity (Wildman–Crippen MR) is 85.6 cm³/mol. The molecule has 5 nitrogen and oxygen atoms in total. The van der Waals surface area contributed by atoms with Gasteiger partial charge in [0.2, 0.25) is 0 Å². The highest BCUT2D eigenvalue weighted by Crippen LogP contribution is 2.21. The van der Waals surface area contributed by atoms with Gasteiger partial charge in [-0.05, 0) is 26.3 Å². The van der Waals surface area contributed by atoms with Crippen LogP contribution in [0.5, 0.6) is 0 Å². The number of hydrogen-bond donors (Lipinski definition) is 3. The summed E-state index contributed by atoms with van der Waals surface area (Å²) in [5.74, 6) is 2.29. The van der Waals surface area contributed by atoms with E-state index in [0.717, 1.165) is 29.3 Å². The van der Waals surface area contributed by atoms with E-state index >= 15 is 0 Å². The topological polar surface area (TPSA) is 70.1 Å². The molecule has 0 spiro atoms. The van der Waals surface area contributed by atoms with Crippen molar-refractivity contribution in [1.29, 1.82) is 0 Å². The molecule has 1 aromatic carbocycles. The minimum absolute atomic E-state index is 0.410. The van der Waals surface area contributed by atoms with E-state index in [1.54, 1.807) is 0 Å². The summed E-state index contributed by atoms with van der Waals surface area (Å²) in [7, 11) is 0. The minimum atomic E-state index is -0.566. The van der Waals surface area contributed by atoms with Gasteiger partial charge >= 0.3 is 0 Å². The zero-order valence-corrected chi connectivity index (χ0v) is 12.7. The van der Waals surface area contributed by atoms with Crippen LogP contribution in [0.2, 0.25) is 0 Å². The molecule has 2 aromatic rings. The third kappa shape index (κ3) is 3.92. The highest BCUT2D eigenvalue weighted by atomic mass is 16.3. The first kappa shape index (κ1) is 15.3. The van der Waals surface area contributed by atoms with E-state index in [4.69, 9.17) is 0 Å². The second-order valence-corrected chi connectivity index (χ2v) is 4.93. The van der Waals surface area contributed by atoms with Gasteiger partial charge in [-0.3, -0.25) is 0 Å². The van der Waals surface area contributed by atoms with Gasteiger partial charge in [-0.2, -0.15) is 0 Å². The zero-order chi connectivity index (χ0) is 15.2. The summed E-state index contributed by atoms with van der Waals surface area (Å²) in [4.78, 5) is 8.79. The van der Waals surface area contributed by atoms with Crippen molar-refractivity contribution in [2.24, 2.45) is 0 Å². The Morgan fingerprint density at radius 2 is 1.67 bits per heavy atom. The van der Waals surface area contributed by atoms with Gasteiger partial charge in [0.15, 0.2) is 0 Å². The van der Waals surface area contributed by atoms with Crippen LogP contribution in [0.15, 0.2) is 30.3 Å². The Labute approximate surface area is 125 Å². The summed E-state index contributed by atoms with van der Waals surface area (Å²) in [5.41, 5.74) is 1.85. The molecule has 2 rings (SSSR count). The van der Waals surface area contributed by atoms with Gasteiger partial charge in [0.1, 0.15) is 17.5 Å². The number of hydrogen-bond acceptors (Lipinski definition) is 5. The average Bonchev–Trinajstić information content (AvgIpc) is 2.50. The van der Waals surface area contributed by atoms with Crippen LogP contribution in [0, 0.1) is 13.8 Å². The Balaban J connectivity index is 2.09. The number of aliphatic hydroxyl groups is 1. The number of benzene rings is 1. The molecule has 0 saturated heterocycles. The SMILES string of the molecule is CCNc1nc(C)nc(NCC(O)c2ccccc2)c1C. The van der Waals surface area contributed by atoms with Gasteiger partial charge in [-0.1, -0.05) is 30.3 Å². The van der Waals surface area contributed by atoms with Crippen molar-refractivity contribution in [3.05, 3.63) is 47.3 Å². The summed E-state index contributed by atoms with van der Waals surface area (Å²) in [6, 6.07) is 9.59. The van der Waals surface area contributed by atoms with Crippen molar-refractivity contribution in [2.75, 3.05) is 23.7 Å². The van der Waals surface area contributed by atoms with E-state index in [2.05, 4.69) is 20.6 Å². The van der Waals surface area contributed by atoms with Crippen LogP contribution < -0.4 is 10.6 Å². The molecular weight excluding hydrogens is 264 g/mol. The summed E-state index contributed by atoms with van der Waals surface area (Å²) in [5, 5.41) is 16.6. The van der Waals surface area contributed by atoms with Crippen LogP contribution in [0.1, 0.15) is 30.0 Å². The van der Waals surface area contributed by atoms with Crippen LogP contribution in [0.3, 0.4) is 0 Å². The Bertz CT molecular complexity index is 586. The maximum absolute atomic E-state index is 10.2. The van der Waals surface area contributed by atoms with Crippen molar-refractivity contribution in [3.63, 3.8) is 0 Å². The van der Waals surface area contributed by atoms with E-state index in [-0.39, 0.29) is 0 Å². The Morgan fingerprint density at radius 1 is 1.05 bits per heavy atom. The number of aliphatic hydroxyl groups excluding tert-OH is 1. The number of nitrogens with zero attached hydrogens (tertiary/aromatic N) is 2. The molecule has 21 heavy (non-hydrogen) atoms. The van der Waals surface area contributed by atoms with Crippen LogP contribution in [0.25, 0.3) is 0 Å². The van der Waals surface area contributed by atoms with Crippen LogP contribution in [-0.2, 0) is 0 Å². The molecule has 0 aliphatic carbocycles. The van der Waals surface area contributed by atoms with Crippen molar-refractivity contribution in [1.82, 2.24) is 9.97 Å². The monoisotopic (exact) mass is 286 g/mol. The summed E-state index contributed by atoms with van der Waals surface area (Å²) < 4.78 is 0. The first-order valence-corrected chi connectivity index (χ1v) is 7.17. The highest BCUT2D eigenvalue weighted by Gasteiger charge is 2.11. The lowest BCUT2D eigenvalue weighted by molar-refractivity contribution is 0.191. The standard InChI is InChI=1S/C16H22N4O/c1-4-17-15-11(2)16(20-12(3)19-15)18-10-14(21)13-8-6-5-7-9-13/h5-9,14,21H,4,10H2,1-3H3,(H2,17,18,19,20). The van der Waals surface area contributed by atoms with Gasteiger partial charge in [-0.15, -0.1) is 0 Å². The molecule has 0 aliphatic rings. The third-order valence-corrected chi connectivity index (χ3v) is 3.25. The van der Waals surface area contributed by atoms with E-state index in [9.17, 15) is 5.11 Å². The maximum atomic E-state index is 10.2. The smallest absolute Gasteiger partial charge is 0.134 e. The van der Waals surface area contributed by atoms with E-state index in [0.29, 0.717) is 12.4 Å². The van der Waals surface area contributed by atoms with Crippen molar-refractivity contribution in [2.45, 2.75) is 26.9 Å². The van der Waals surface area contributed by atoms with Crippen molar-refractivity contribution >= 4 is 11.6 Å². The molecule has 1 heterocycles. The molecule has 1 aromatic heterocycles. The molecule has 1 unspecified atom stereocenters. The fraction of sp³-hybridized carbons (Fsp3) is 0.375. The zero-order valence-electron chi connectivity index (χ0n) is 12.7. The molecule has 0 aliphatic heterocycles. The number of aromatic nitrogens is 2. The number of anilines is 2. The Hall–Kier alpha value is -2.14. The summed E-state index contributed by atoms with van der Waals surface area (Å²) >= 11 is 0. The third-order valence-electron chi connectivity index (χ3n) is 3.25. The molecule has 0 amide bonds. The van der Waals surface area contributed by atoms with E-state index in [1.165, 1.54) is 0 Å². The maximum Gasteiger partial charge on any atom is 0.134 e. The fourth-order valence-electron chi connectivity index (χ4n) is 2.13. The summed E-state index contributed by atoms with van der Waals surface area (Å²) in [6.07, 6.45) is -0.566. The molecule has 0 saturated carbocycles. The normalized spacial score (nSPS) is 12.0. The number of rotatable bonds is 6. The van der Waals surface area contributed by atoms with Gasteiger partial charge < -0.3 is 15.7 Å². The molecule has 112 valence electrons. The lowest BCUT2D eigenvalue weighted by Gasteiger charge is -2.16. The lowest BCUT2D eigenvalue weighted by Crippen LogP contribution is -2.15. The molecule has 0 fully saturated rings. The van der Waals surface area contributed by atoms with Gasteiger partial charge in [-0.25, -0.2) is 9.97 Å². The average molecular weight is 286 g/mol. The predicted octanol–water partition coefficient (Wildman–Crippen LogP) is 2.67. The van der Waals surface area contributed by atoms with Crippen LogP contribution in [-0.4, -0.2) is 28.2 Å². The first-order valence-electron chi connectivity index (χ1n) is 7.17. The van der Waals surface area contributed by atoms with Gasteiger partial charge in [0, 0.05) is 18.7 Å². The highest BCUT2D eigenvalue weighted by molar-refractivity contribution is 5.57. The molecule has 5 heteroatoms. The molecule has 0 radical (unpaired) electrons. The van der Waals surface area contributed by atoms with Crippen molar-refractivity contribution in [3.8, 4) is 0 Å².